The molecular formula is C23H26N2O3. The zero-order chi connectivity index (χ0) is 19.8. The molecule has 2 N–H and O–H groups in total. The second-order valence-electron chi connectivity index (χ2n) is 6.85. The highest BCUT2D eigenvalue weighted by Gasteiger charge is 2.11. The summed E-state index contributed by atoms with van der Waals surface area (Å²) in [5.41, 5.74) is 3.07. The van der Waals surface area contributed by atoms with Crippen LogP contribution in [0, 0.1) is 0 Å². The van der Waals surface area contributed by atoms with E-state index in [-0.39, 0.29) is 11.8 Å². The number of carbonyl (C=O) groups is 2. The molecule has 0 radical (unpaired) electrons. The number of allylic oxidation sites excluding steroid dienone is 1. The number of para-hydroxylation sites is 2. The molecule has 28 heavy (non-hydrogen) atoms. The van der Waals surface area contributed by atoms with Crippen molar-refractivity contribution < 1.29 is 14.3 Å². The van der Waals surface area contributed by atoms with E-state index in [4.69, 9.17) is 4.74 Å². The summed E-state index contributed by atoms with van der Waals surface area (Å²) < 4.78 is 5.24. The van der Waals surface area contributed by atoms with Gasteiger partial charge in [-0.15, -0.1) is 0 Å². The van der Waals surface area contributed by atoms with Crippen molar-refractivity contribution in [3.63, 3.8) is 0 Å². The van der Waals surface area contributed by atoms with Crippen molar-refractivity contribution in [1.82, 2.24) is 5.32 Å². The summed E-state index contributed by atoms with van der Waals surface area (Å²) >= 11 is 0. The molecule has 0 unspecified atom stereocenters. The minimum atomic E-state index is -0.249. The summed E-state index contributed by atoms with van der Waals surface area (Å²) in [5.74, 6) is 0.230. The average Bonchev–Trinajstić information content (AvgIpc) is 2.75. The molecule has 0 spiro atoms. The van der Waals surface area contributed by atoms with E-state index in [1.807, 2.05) is 12.1 Å². The lowest BCUT2D eigenvalue weighted by molar-refractivity contribution is 0.0952. The minimum absolute atomic E-state index is 0.118. The first-order valence-corrected chi connectivity index (χ1v) is 9.68. The molecule has 1 aliphatic rings. The number of ether oxygens (including phenoxy) is 1. The van der Waals surface area contributed by atoms with E-state index >= 15 is 0 Å². The molecule has 1 aliphatic carbocycles. The van der Waals surface area contributed by atoms with Gasteiger partial charge in [0.05, 0.1) is 12.8 Å². The minimum Gasteiger partial charge on any atom is -0.495 e. The number of hydrogen-bond acceptors (Lipinski definition) is 3. The standard InChI is InChI=1S/C23H26N2O3/c1-28-21-10-6-5-9-20(21)25-23(27)19-13-11-18(12-14-19)22(26)24-16-15-17-7-3-2-4-8-17/h5-7,9-14H,2-4,8,15-16H2,1H3,(H,24,26)(H,25,27). The fraction of sp³-hybridized carbons (Fsp3) is 0.304. The van der Waals surface area contributed by atoms with Crippen LogP contribution in [0.25, 0.3) is 0 Å². The molecule has 0 aliphatic heterocycles. The lowest BCUT2D eigenvalue weighted by atomic mass is 9.97. The lowest BCUT2D eigenvalue weighted by Crippen LogP contribution is -2.25. The Morgan fingerprint density at radius 2 is 1.68 bits per heavy atom. The maximum atomic E-state index is 12.4. The van der Waals surface area contributed by atoms with Crippen LogP contribution in [0.5, 0.6) is 5.75 Å². The van der Waals surface area contributed by atoms with Gasteiger partial charge < -0.3 is 15.4 Å². The van der Waals surface area contributed by atoms with Gasteiger partial charge in [0.2, 0.25) is 0 Å². The highest BCUT2D eigenvalue weighted by Crippen LogP contribution is 2.23. The molecular weight excluding hydrogens is 352 g/mol. The topological polar surface area (TPSA) is 67.4 Å². The van der Waals surface area contributed by atoms with Crippen LogP contribution in [0.3, 0.4) is 0 Å². The Kier molecular flexibility index (Phi) is 6.84. The van der Waals surface area contributed by atoms with Crippen molar-refractivity contribution in [3.8, 4) is 5.75 Å². The highest BCUT2D eigenvalue weighted by atomic mass is 16.5. The van der Waals surface area contributed by atoms with Crippen LogP contribution < -0.4 is 15.4 Å². The first kappa shape index (κ1) is 19.7. The first-order chi connectivity index (χ1) is 13.7. The Morgan fingerprint density at radius 1 is 0.964 bits per heavy atom. The van der Waals surface area contributed by atoms with Gasteiger partial charge in [0.15, 0.2) is 0 Å². The average molecular weight is 378 g/mol. The van der Waals surface area contributed by atoms with E-state index in [0.717, 1.165) is 19.3 Å². The van der Waals surface area contributed by atoms with Crippen LogP contribution in [0.2, 0.25) is 0 Å². The van der Waals surface area contributed by atoms with E-state index in [0.29, 0.717) is 29.1 Å². The third kappa shape index (κ3) is 5.22. The maximum absolute atomic E-state index is 12.4. The SMILES string of the molecule is COc1ccccc1NC(=O)c1ccc(C(=O)NCCC2=CCCCC2)cc1. The molecule has 0 atom stereocenters. The molecule has 2 amide bonds. The van der Waals surface area contributed by atoms with E-state index in [9.17, 15) is 9.59 Å². The third-order valence-electron chi connectivity index (χ3n) is 4.88. The van der Waals surface area contributed by atoms with E-state index in [1.165, 1.54) is 18.4 Å². The van der Waals surface area contributed by atoms with Crippen molar-refractivity contribution >= 4 is 17.5 Å². The number of rotatable bonds is 7. The molecule has 2 aromatic carbocycles. The maximum Gasteiger partial charge on any atom is 0.255 e. The number of methoxy groups -OCH3 is 1. The van der Waals surface area contributed by atoms with Crippen LogP contribution in [0.1, 0.15) is 52.8 Å². The van der Waals surface area contributed by atoms with Crippen molar-refractivity contribution in [2.24, 2.45) is 0 Å². The van der Waals surface area contributed by atoms with Crippen LogP contribution >= 0.6 is 0 Å². The van der Waals surface area contributed by atoms with Crippen LogP contribution in [0.15, 0.2) is 60.2 Å². The molecule has 5 nitrogen and oxygen atoms in total. The third-order valence-corrected chi connectivity index (χ3v) is 4.88. The van der Waals surface area contributed by atoms with Gasteiger partial charge in [-0.25, -0.2) is 0 Å². The van der Waals surface area contributed by atoms with Gasteiger partial charge in [-0.3, -0.25) is 9.59 Å². The number of hydrogen-bond donors (Lipinski definition) is 2. The van der Waals surface area contributed by atoms with Crippen molar-refractivity contribution in [2.45, 2.75) is 32.1 Å². The molecule has 3 rings (SSSR count). The van der Waals surface area contributed by atoms with Crippen LogP contribution in [0.4, 0.5) is 5.69 Å². The van der Waals surface area contributed by atoms with Gasteiger partial charge in [-0.2, -0.15) is 0 Å². The lowest BCUT2D eigenvalue weighted by Gasteiger charge is -2.13. The zero-order valence-corrected chi connectivity index (χ0v) is 16.2. The Morgan fingerprint density at radius 3 is 2.36 bits per heavy atom. The van der Waals surface area contributed by atoms with Gasteiger partial charge >= 0.3 is 0 Å². The second-order valence-corrected chi connectivity index (χ2v) is 6.85. The smallest absolute Gasteiger partial charge is 0.255 e. The Balaban J connectivity index is 1.54. The number of anilines is 1. The fourth-order valence-electron chi connectivity index (χ4n) is 3.29. The summed E-state index contributed by atoms with van der Waals surface area (Å²) in [6.07, 6.45) is 8.02. The molecule has 146 valence electrons. The Labute approximate surface area is 165 Å². The van der Waals surface area contributed by atoms with Crippen molar-refractivity contribution in [3.05, 3.63) is 71.3 Å². The van der Waals surface area contributed by atoms with E-state index < -0.39 is 0 Å². The molecule has 0 saturated carbocycles. The predicted octanol–water partition coefficient (Wildman–Crippen LogP) is 4.57. The summed E-state index contributed by atoms with van der Waals surface area (Å²) in [4.78, 5) is 24.7. The zero-order valence-electron chi connectivity index (χ0n) is 16.2. The van der Waals surface area contributed by atoms with Crippen molar-refractivity contribution in [2.75, 3.05) is 19.0 Å². The largest absolute Gasteiger partial charge is 0.495 e. The molecule has 0 saturated heterocycles. The van der Waals surface area contributed by atoms with Gasteiger partial charge in [0.25, 0.3) is 11.8 Å². The van der Waals surface area contributed by atoms with Gasteiger partial charge in [-0.1, -0.05) is 23.8 Å². The highest BCUT2D eigenvalue weighted by molar-refractivity contribution is 6.05. The van der Waals surface area contributed by atoms with Gasteiger partial charge in [-0.05, 0) is 68.5 Å². The quantitative estimate of drug-likeness (QED) is 0.694. The molecule has 0 heterocycles. The number of benzene rings is 2. The molecule has 0 aromatic heterocycles. The molecule has 2 aromatic rings. The van der Waals surface area contributed by atoms with Gasteiger partial charge in [0.1, 0.15) is 5.75 Å². The number of amides is 2. The first-order valence-electron chi connectivity index (χ1n) is 9.68. The van der Waals surface area contributed by atoms with Crippen molar-refractivity contribution in [1.29, 1.82) is 0 Å². The van der Waals surface area contributed by atoms with E-state index in [2.05, 4.69) is 16.7 Å². The summed E-state index contributed by atoms with van der Waals surface area (Å²) in [6, 6.07) is 13.9. The Bertz CT molecular complexity index is 856. The fourth-order valence-corrected chi connectivity index (χ4v) is 3.29. The number of carbonyl (C=O) groups excluding carboxylic acids is 2. The number of nitrogens with one attached hydrogen (secondary N) is 2. The predicted molar refractivity (Wildman–Crippen MR) is 111 cm³/mol. The van der Waals surface area contributed by atoms with E-state index in [1.54, 1.807) is 43.5 Å². The molecule has 0 bridgehead atoms. The Hall–Kier alpha value is -3.08. The summed E-state index contributed by atoms with van der Waals surface area (Å²) in [7, 11) is 1.56. The van der Waals surface area contributed by atoms with Gasteiger partial charge in [0, 0.05) is 17.7 Å². The molecule has 0 fully saturated rings. The summed E-state index contributed by atoms with van der Waals surface area (Å²) in [6.45, 7) is 0.640. The van der Waals surface area contributed by atoms with Crippen LogP contribution in [-0.2, 0) is 0 Å². The van der Waals surface area contributed by atoms with Crippen LogP contribution in [-0.4, -0.2) is 25.5 Å². The second kappa shape index (κ2) is 9.74. The monoisotopic (exact) mass is 378 g/mol. The normalized spacial score (nSPS) is 13.4. The molecule has 5 heteroatoms. The summed E-state index contributed by atoms with van der Waals surface area (Å²) in [5, 5.41) is 5.78.